The molecule has 0 bridgehead atoms. The summed E-state index contributed by atoms with van der Waals surface area (Å²) in [6.45, 7) is 1.96. The first-order valence-corrected chi connectivity index (χ1v) is 4.46. The van der Waals surface area contributed by atoms with Gasteiger partial charge < -0.3 is 4.52 Å². The fourth-order valence-electron chi connectivity index (χ4n) is 1.61. The van der Waals surface area contributed by atoms with Gasteiger partial charge in [0.2, 0.25) is 0 Å². The Morgan fingerprint density at radius 3 is 3.08 bits per heavy atom. The summed E-state index contributed by atoms with van der Waals surface area (Å²) >= 11 is 0. The van der Waals surface area contributed by atoms with E-state index in [-0.39, 0.29) is 0 Å². The van der Waals surface area contributed by atoms with E-state index in [1.165, 1.54) is 19.3 Å². The monoisotopic (exact) mass is 163 g/mol. The van der Waals surface area contributed by atoms with Gasteiger partial charge in [0.25, 0.3) is 0 Å². The van der Waals surface area contributed by atoms with Crippen LogP contribution < -0.4 is 0 Å². The van der Waals surface area contributed by atoms with Crippen LogP contribution in [0.3, 0.4) is 0 Å². The van der Waals surface area contributed by atoms with Crippen molar-refractivity contribution in [3.63, 3.8) is 0 Å². The average molecular weight is 163 g/mol. The summed E-state index contributed by atoms with van der Waals surface area (Å²) in [6, 6.07) is 2.03. The number of allylic oxidation sites excluding steroid dienone is 2. The normalized spacial score (nSPS) is 22.9. The Morgan fingerprint density at radius 1 is 1.58 bits per heavy atom. The lowest BCUT2D eigenvalue weighted by Crippen LogP contribution is -1.97. The van der Waals surface area contributed by atoms with Crippen LogP contribution in [0.2, 0.25) is 0 Å². The SMILES string of the molecule is Cc1cc(C2C=CCCC2)on1. The molecule has 12 heavy (non-hydrogen) atoms. The molecule has 0 spiro atoms. The third kappa shape index (κ3) is 1.42. The van der Waals surface area contributed by atoms with Crippen molar-refractivity contribution >= 4 is 0 Å². The first-order chi connectivity index (χ1) is 5.86. The summed E-state index contributed by atoms with van der Waals surface area (Å²) in [6.07, 6.45) is 8.13. The standard InChI is InChI=1S/C10H13NO/c1-8-7-10(12-11-8)9-5-3-2-4-6-9/h3,5,7,9H,2,4,6H2,1H3. The molecular formula is C10H13NO. The van der Waals surface area contributed by atoms with Crippen molar-refractivity contribution in [3.8, 4) is 0 Å². The van der Waals surface area contributed by atoms with Gasteiger partial charge in [0.15, 0.2) is 0 Å². The van der Waals surface area contributed by atoms with E-state index in [0.29, 0.717) is 5.92 Å². The summed E-state index contributed by atoms with van der Waals surface area (Å²) in [5.74, 6) is 1.49. The molecule has 0 fully saturated rings. The van der Waals surface area contributed by atoms with Crippen LogP contribution in [0, 0.1) is 6.92 Å². The summed E-state index contributed by atoms with van der Waals surface area (Å²) in [5.41, 5.74) is 0.976. The molecule has 2 rings (SSSR count). The lowest BCUT2D eigenvalue weighted by molar-refractivity contribution is 0.362. The molecule has 0 saturated heterocycles. The summed E-state index contributed by atoms with van der Waals surface area (Å²) in [5, 5.41) is 3.88. The van der Waals surface area contributed by atoms with Gasteiger partial charge in [-0.1, -0.05) is 17.3 Å². The van der Waals surface area contributed by atoms with Crippen LogP contribution in [0.25, 0.3) is 0 Å². The smallest absolute Gasteiger partial charge is 0.143 e. The third-order valence-electron chi connectivity index (χ3n) is 2.27. The minimum atomic E-state index is 0.472. The second-order valence-electron chi connectivity index (χ2n) is 3.34. The molecule has 64 valence electrons. The van der Waals surface area contributed by atoms with Crippen LogP contribution in [0.5, 0.6) is 0 Å². The minimum absolute atomic E-state index is 0.472. The minimum Gasteiger partial charge on any atom is -0.361 e. The van der Waals surface area contributed by atoms with Crippen molar-refractivity contribution in [2.45, 2.75) is 32.1 Å². The van der Waals surface area contributed by atoms with Gasteiger partial charge in [-0.05, 0) is 26.2 Å². The van der Waals surface area contributed by atoms with Crippen LogP contribution >= 0.6 is 0 Å². The Balaban J connectivity index is 2.18. The predicted molar refractivity (Wildman–Crippen MR) is 47.0 cm³/mol. The molecule has 0 amide bonds. The summed E-state index contributed by atoms with van der Waals surface area (Å²) in [4.78, 5) is 0. The zero-order valence-electron chi connectivity index (χ0n) is 7.29. The molecule has 1 aliphatic carbocycles. The number of aryl methyl sites for hydroxylation is 1. The molecule has 2 heteroatoms. The topological polar surface area (TPSA) is 26.0 Å². The molecule has 0 N–H and O–H groups in total. The van der Waals surface area contributed by atoms with E-state index in [4.69, 9.17) is 4.52 Å². The van der Waals surface area contributed by atoms with Gasteiger partial charge in [-0.15, -0.1) is 0 Å². The highest BCUT2D eigenvalue weighted by Gasteiger charge is 2.14. The first-order valence-electron chi connectivity index (χ1n) is 4.46. The highest BCUT2D eigenvalue weighted by Crippen LogP contribution is 2.27. The molecule has 0 saturated carbocycles. The molecular weight excluding hydrogens is 150 g/mol. The number of rotatable bonds is 1. The molecule has 1 heterocycles. The second-order valence-corrected chi connectivity index (χ2v) is 3.34. The average Bonchev–Trinajstić information content (AvgIpc) is 2.54. The second kappa shape index (κ2) is 3.13. The van der Waals surface area contributed by atoms with Gasteiger partial charge in [0.1, 0.15) is 5.76 Å². The quantitative estimate of drug-likeness (QED) is 0.595. The summed E-state index contributed by atoms with van der Waals surface area (Å²) in [7, 11) is 0. The van der Waals surface area contributed by atoms with E-state index in [0.717, 1.165) is 11.5 Å². The zero-order valence-corrected chi connectivity index (χ0v) is 7.29. The number of nitrogens with zero attached hydrogens (tertiary/aromatic N) is 1. The highest BCUT2D eigenvalue weighted by atomic mass is 16.5. The van der Waals surface area contributed by atoms with Crippen molar-refractivity contribution in [2.24, 2.45) is 0 Å². The molecule has 2 nitrogen and oxygen atoms in total. The van der Waals surface area contributed by atoms with E-state index in [1.807, 2.05) is 13.0 Å². The maximum atomic E-state index is 5.20. The Hall–Kier alpha value is -1.05. The van der Waals surface area contributed by atoms with Crippen molar-refractivity contribution in [1.29, 1.82) is 0 Å². The van der Waals surface area contributed by atoms with Gasteiger partial charge in [0, 0.05) is 12.0 Å². The Labute approximate surface area is 72.3 Å². The molecule has 1 unspecified atom stereocenters. The van der Waals surface area contributed by atoms with Crippen molar-refractivity contribution in [3.05, 3.63) is 29.7 Å². The lowest BCUT2D eigenvalue weighted by atomic mass is 9.94. The largest absolute Gasteiger partial charge is 0.361 e. The van der Waals surface area contributed by atoms with Crippen LogP contribution in [0.4, 0.5) is 0 Å². The van der Waals surface area contributed by atoms with Crippen molar-refractivity contribution < 1.29 is 4.52 Å². The molecule has 0 radical (unpaired) electrons. The van der Waals surface area contributed by atoms with E-state index in [2.05, 4.69) is 17.3 Å². The van der Waals surface area contributed by atoms with Gasteiger partial charge in [0.05, 0.1) is 5.69 Å². The van der Waals surface area contributed by atoms with E-state index < -0.39 is 0 Å². The van der Waals surface area contributed by atoms with E-state index in [9.17, 15) is 0 Å². The fraction of sp³-hybridized carbons (Fsp3) is 0.500. The lowest BCUT2D eigenvalue weighted by Gasteiger charge is -2.11. The molecule has 0 aromatic carbocycles. The molecule has 1 atom stereocenters. The van der Waals surface area contributed by atoms with Crippen LogP contribution in [0.1, 0.15) is 36.6 Å². The van der Waals surface area contributed by atoms with Gasteiger partial charge in [-0.25, -0.2) is 0 Å². The number of aromatic nitrogens is 1. The van der Waals surface area contributed by atoms with Crippen molar-refractivity contribution in [2.75, 3.05) is 0 Å². The predicted octanol–water partition coefficient (Wildman–Crippen LogP) is 2.81. The highest BCUT2D eigenvalue weighted by molar-refractivity contribution is 5.15. The maximum absolute atomic E-state index is 5.20. The van der Waals surface area contributed by atoms with Crippen LogP contribution in [0.15, 0.2) is 22.7 Å². The third-order valence-corrected chi connectivity index (χ3v) is 2.27. The number of hydrogen-bond donors (Lipinski definition) is 0. The van der Waals surface area contributed by atoms with Gasteiger partial charge in [-0.3, -0.25) is 0 Å². The molecule has 1 aromatic rings. The van der Waals surface area contributed by atoms with Gasteiger partial charge in [-0.2, -0.15) is 0 Å². The van der Waals surface area contributed by atoms with Gasteiger partial charge >= 0.3 is 0 Å². The zero-order chi connectivity index (χ0) is 8.39. The Kier molecular flexibility index (Phi) is 1.98. The first kappa shape index (κ1) is 7.59. The van der Waals surface area contributed by atoms with E-state index in [1.54, 1.807) is 0 Å². The fourth-order valence-corrected chi connectivity index (χ4v) is 1.61. The Morgan fingerprint density at radius 2 is 2.50 bits per heavy atom. The van der Waals surface area contributed by atoms with Crippen molar-refractivity contribution in [1.82, 2.24) is 5.16 Å². The molecule has 1 aliphatic rings. The number of hydrogen-bond acceptors (Lipinski definition) is 2. The van der Waals surface area contributed by atoms with Crippen LogP contribution in [-0.4, -0.2) is 5.16 Å². The maximum Gasteiger partial charge on any atom is 0.143 e. The summed E-state index contributed by atoms with van der Waals surface area (Å²) < 4.78 is 5.20. The Bertz CT molecular complexity index is 288. The molecule has 1 aromatic heterocycles. The molecule has 0 aliphatic heterocycles. The van der Waals surface area contributed by atoms with E-state index >= 15 is 0 Å². The van der Waals surface area contributed by atoms with Crippen LogP contribution in [-0.2, 0) is 0 Å².